The van der Waals surface area contributed by atoms with Crippen LogP contribution in [0.15, 0.2) is 53.6 Å². The Hall–Kier alpha value is -2.33. The predicted octanol–water partition coefficient (Wildman–Crippen LogP) is 6.37. The summed E-state index contributed by atoms with van der Waals surface area (Å²) in [7, 11) is 0. The van der Waals surface area contributed by atoms with Crippen molar-refractivity contribution in [3.05, 3.63) is 64.7 Å². The van der Waals surface area contributed by atoms with Gasteiger partial charge in [-0.1, -0.05) is 55.8 Å². The summed E-state index contributed by atoms with van der Waals surface area (Å²) in [5.74, 6) is 1.40. The smallest absolute Gasteiger partial charge is 0.246 e. The van der Waals surface area contributed by atoms with Crippen LogP contribution in [0.4, 0.5) is 0 Å². The zero-order chi connectivity index (χ0) is 22.4. The summed E-state index contributed by atoms with van der Waals surface area (Å²) < 4.78 is 5.83. The number of rotatable bonds is 6. The molecular formula is C27H31ClN2O2. The van der Waals surface area contributed by atoms with E-state index in [2.05, 4.69) is 24.4 Å². The lowest BCUT2D eigenvalue weighted by atomic mass is 9.40. The van der Waals surface area contributed by atoms with Crippen LogP contribution < -0.4 is 10.2 Å². The van der Waals surface area contributed by atoms with E-state index in [1.54, 1.807) is 6.21 Å². The summed E-state index contributed by atoms with van der Waals surface area (Å²) in [6.45, 7) is 5.22. The van der Waals surface area contributed by atoms with Crippen molar-refractivity contribution in [1.82, 2.24) is 5.43 Å². The highest BCUT2D eigenvalue weighted by Crippen LogP contribution is 2.69. The van der Waals surface area contributed by atoms with Gasteiger partial charge in [0.15, 0.2) is 0 Å². The SMILES string of the molecule is CC12CC3CC(C)(C1)CC(C(=O)N/N=C/c1ccc(OCc4ccccc4)c(Cl)c1)(C3)C2. The van der Waals surface area contributed by atoms with Crippen molar-refractivity contribution in [2.75, 3.05) is 0 Å². The van der Waals surface area contributed by atoms with Crippen LogP contribution in [0.2, 0.25) is 5.02 Å². The predicted molar refractivity (Wildman–Crippen MR) is 128 cm³/mol. The van der Waals surface area contributed by atoms with Gasteiger partial charge in [-0.05, 0) is 84.6 Å². The van der Waals surface area contributed by atoms with Gasteiger partial charge in [-0.15, -0.1) is 0 Å². The molecule has 5 heteroatoms. The number of ether oxygens (including phenoxy) is 1. The number of benzene rings is 2. The molecule has 0 spiro atoms. The fraction of sp³-hybridized carbons (Fsp3) is 0.481. The number of hydrogen-bond acceptors (Lipinski definition) is 3. The molecule has 32 heavy (non-hydrogen) atoms. The normalized spacial score (nSPS) is 32.9. The minimum Gasteiger partial charge on any atom is -0.487 e. The maximum atomic E-state index is 13.2. The average Bonchev–Trinajstić information content (AvgIpc) is 2.71. The zero-order valence-corrected chi connectivity index (χ0v) is 19.6. The second-order valence-electron chi connectivity index (χ2n) is 11.1. The van der Waals surface area contributed by atoms with Gasteiger partial charge in [-0.3, -0.25) is 4.79 Å². The highest BCUT2D eigenvalue weighted by Gasteiger charge is 2.62. The van der Waals surface area contributed by atoms with Gasteiger partial charge in [0, 0.05) is 0 Å². The summed E-state index contributed by atoms with van der Waals surface area (Å²) in [6.07, 6.45) is 8.47. The van der Waals surface area contributed by atoms with Crippen molar-refractivity contribution in [3.8, 4) is 5.75 Å². The first-order valence-corrected chi connectivity index (χ1v) is 11.9. The van der Waals surface area contributed by atoms with Gasteiger partial charge in [0.1, 0.15) is 12.4 Å². The topological polar surface area (TPSA) is 50.7 Å². The summed E-state index contributed by atoms with van der Waals surface area (Å²) >= 11 is 6.40. The summed E-state index contributed by atoms with van der Waals surface area (Å²) in [5.41, 5.74) is 5.12. The van der Waals surface area contributed by atoms with Crippen LogP contribution in [-0.2, 0) is 11.4 Å². The Morgan fingerprint density at radius 3 is 2.47 bits per heavy atom. The van der Waals surface area contributed by atoms with Gasteiger partial charge in [-0.25, -0.2) is 5.43 Å². The molecule has 4 saturated carbocycles. The number of hydrogen-bond donors (Lipinski definition) is 1. The van der Waals surface area contributed by atoms with Gasteiger partial charge >= 0.3 is 0 Å². The van der Waals surface area contributed by atoms with E-state index in [0.717, 1.165) is 30.4 Å². The van der Waals surface area contributed by atoms with E-state index in [1.807, 2.05) is 48.5 Å². The molecule has 0 aliphatic heterocycles. The molecule has 4 nitrogen and oxygen atoms in total. The molecule has 0 radical (unpaired) electrons. The third-order valence-corrected chi connectivity index (χ3v) is 7.98. The van der Waals surface area contributed by atoms with E-state index in [4.69, 9.17) is 16.3 Å². The minimum absolute atomic E-state index is 0.0872. The van der Waals surface area contributed by atoms with E-state index in [9.17, 15) is 4.79 Å². The molecule has 6 rings (SSSR count). The third kappa shape index (κ3) is 4.17. The van der Waals surface area contributed by atoms with Gasteiger partial charge in [-0.2, -0.15) is 5.10 Å². The Labute approximate surface area is 195 Å². The van der Waals surface area contributed by atoms with Crippen LogP contribution in [0.3, 0.4) is 0 Å². The first-order valence-electron chi connectivity index (χ1n) is 11.6. The lowest BCUT2D eigenvalue weighted by Gasteiger charge is -2.64. The number of nitrogens with zero attached hydrogens (tertiary/aromatic N) is 1. The maximum Gasteiger partial charge on any atom is 0.246 e. The molecule has 1 N–H and O–H groups in total. The van der Waals surface area contributed by atoms with E-state index in [-0.39, 0.29) is 11.3 Å². The Bertz CT molecular complexity index is 1030. The molecule has 168 valence electrons. The van der Waals surface area contributed by atoms with Gasteiger partial charge < -0.3 is 4.74 Å². The largest absolute Gasteiger partial charge is 0.487 e. The monoisotopic (exact) mass is 450 g/mol. The molecule has 0 saturated heterocycles. The highest BCUT2D eigenvalue weighted by molar-refractivity contribution is 6.32. The van der Waals surface area contributed by atoms with Crippen molar-refractivity contribution < 1.29 is 9.53 Å². The number of carbonyl (C=O) groups is 1. The van der Waals surface area contributed by atoms with E-state index in [1.165, 1.54) is 19.3 Å². The highest BCUT2D eigenvalue weighted by atomic mass is 35.5. The summed E-state index contributed by atoms with van der Waals surface area (Å²) in [5, 5.41) is 4.81. The van der Waals surface area contributed by atoms with Crippen molar-refractivity contribution in [1.29, 1.82) is 0 Å². The molecule has 2 unspecified atom stereocenters. The van der Waals surface area contributed by atoms with Gasteiger partial charge in [0.2, 0.25) is 5.91 Å². The molecule has 4 aliphatic rings. The van der Waals surface area contributed by atoms with E-state index < -0.39 is 0 Å². The molecule has 4 bridgehead atoms. The third-order valence-electron chi connectivity index (χ3n) is 7.68. The Kier molecular flexibility index (Phi) is 5.32. The molecule has 2 atom stereocenters. The molecular weight excluding hydrogens is 420 g/mol. The van der Waals surface area contributed by atoms with Crippen molar-refractivity contribution in [2.45, 2.75) is 59.0 Å². The molecule has 2 aromatic carbocycles. The molecule has 1 amide bonds. The summed E-state index contributed by atoms with van der Waals surface area (Å²) in [6, 6.07) is 15.5. The number of amides is 1. The molecule has 2 aromatic rings. The Balaban J connectivity index is 1.22. The molecule has 4 aliphatic carbocycles. The Morgan fingerprint density at radius 1 is 1.09 bits per heavy atom. The van der Waals surface area contributed by atoms with Crippen molar-refractivity contribution >= 4 is 23.7 Å². The van der Waals surface area contributed by atoms with Crippen LogP contribution in [0.25, 0.3) is 0 Å². The van der Waals surface area contributed by atoms with Crippen molar-refractivity contribution in [2.24, 2.45) is 27.3 Å². The lowest BCUT2D eigenvalue weighted by Crippen LogP contribution is -2.59. The first-order chi connectivity index (χ1) is 15.3. The number of carbonyl (C=O) groups excluding carboxylic acids is 1. The summed E-state index contributed by atoms with van der Waals surface area (Å²) in [4.78, 5) is 13.2. The van der Waals surface area contributed by atoms with Crippen LogP contribution in [0, 0.1) is 22.2 Å². The van der Waals surface area contributed by atoms with E-state index >= 15 is 0 Å². The number of nitrogens with one attached hydrogen (secondary N) is 1. The fourth-order valence-electron chi connectivity index (χ4n) is 7.43. The minimum atomic E-state index is -0.257. The molecule has 4 fully saturated rings. The van der Waals surface area contributed by atoms with Crippen molar-refractivity contribution in [3.63, 3.8) is 0 Å². The van der Waals surface area contributed by atoms with Gasteiger partial charge in [0.25, 0.3) is 0 Å². The fourth-order valence-corrected chi connectivity index (χ4v) is 7.68. The zero-order valence-electron chi connectivity index (χ0n) is 18.9. The standard InChI is InChI=1S/C27H31ClN2O2/c1-25-11-21-12-26(2,16-25)18-27(13-21,17-25)24(31)30-29-14-20-8-9-23(22(28)10-20)32-15-19-6-4-3-5-7-19/h3-10,14,21H,11-13,15-18H2,1-2H3,(H,30,31)/b29-14+. The van der Waals surface area contributed by atoms with Crippen LogP contribution in [-0.4, -0.2) is 12.1 Å². The van der Waals surface area contributed by atoms with Crippen LogP contribution in [0.1, 0.15) is 63.5 Å². The lowest BCUT2D eigenvalue weighted by molar-refractivity contribution is -0.170. The average molecular weight is 451 g/mol. The van der Waals surface area contributed by atoms with Gasteiger partial charge in [0.05, 0.1) is 16.7 Å². The second-order valence-corrected chi connectivity index (χ2v) is 11.5. The number of hydrazone groups is 1. The quantitative estimate of drug-likeness (QED) is 0.411. The second kappa shape index (κ2) is 7.91. The Morgan fingerprint density at radius 2 is 1.81 bits per heavy atom. The van der Waals surface area contributed by atoms with Crippen LogP contribution in [0.5, 0.6) is 5.75 Å². The van der Waals surface area contributed by atoms with E-state index in [0.29, 0.717) is 34.1 Å². The van der Waals surface area contributed by atoms with Crippen LogP contribution >= 0.6 is 11.6 Å². The first kappa shape index (κ1) is 21.5. The maximum absolute atomic E-state index is 13.2. The number of halogens is 1. The molecule has 0 heterocycles. The molecule has 0 aromatic heterocycles.